The molecule has 0 saturated carbocycles. The molecule has 0 bridgehead atoms. The van der Waals surface area contributed by atoms with E-state index in [1.54, 1.807) is 0 Å². The minimum Gasteiger partial charge on any atom is -0.492 e. The van der Waals surface area contributed by atoms with Crippen LogP contribution < -0.4 is 4.74 Å². The summed E-state index contributed by atoms with van der Waals surface area (Å²) in [5, 5.41) is 4.79. The summed E-state index contributed by atoms with van der Waals surface area (Å²) in [4.78, 5) is 0. The Morgan fingerprint density at radius 3 is 1.86 bits per heavy atom. The van der Waals surface area contributed by atoms with Gasteiger partial charge in [-0.2, -0.15) is 0 Å². The fourth-order valence-corrected chi connectivity index (χ4v) is 3.59. The van der Waals surface area contributed by atoms with Gasteiger partial charge in [-0.1, -0.05) is 74.7 Å². The van der Waals surface area contributed by atoms with Gasteiger partial charge in [-0.3, -0.25) is 0 Å². The molecule has 0 aromatic heterocycles. The van der Waals surface area contributed by atoms with Gasteiger partial charge in [0.25, 0.3) is 0 Å². The highest BCUT2D eigenvalue weighted by Crippen LogP contribution is 2.40. The number of benzene rings is 3. The topological polar surface area (TPSA) is 9.23 Å². The molecule has 0 aliphatic rings. The van der Waals surface area contributed by atoms with Crippen LogP contribution >= 0.6 is 15.9 Å². The van der Waals surface area contributed by atoms with Crippen molar-refractivity contribution in [3.8, 4) is 5.75 Å². The van der Waals surface area contributed by atoms with Crippen LogP contribution in [0.3, 0.4) is 0 Å². The van der Waals surface area contributed by atoms with Crippen LogP contribution in [0.5, 0.6) is 5.75 Å². The van der Waals surface area contributed by atoms with Gasteiger partial charge in [0, 0.05) is 26.0 Å². The SMILES string of the molecule is CCCCCCOc1c2ccccc2c(Br)c2ccccc12. The average Bonchev–Trinajstić information content (AvgIpc) is 2.57. The van der Waals surface area contributed by atoms with Gasteiger partial charge in [0.05, 0.1) is 6.61 Å². The molecule has 0 amide bonds. The van der Waals surface area contributed by atoms with E-state index in [4.69, 9.17) is 4.74 Å². The molecule has 0 radical (unpaired) electrons. The van der Waals surface area contributed by atoms with Crippen LogP contribution in [0.1, 0.15) is 32.6 Å². The summed E-state index contributed by atoms with van der Waals surface area (Å²) in [6.45, 7) is 3.02. The summed E-state index contributed by atoms with van der Waals surface area (Å²) in [6.07, 6.45) is 4.89. The van der Waals surface area contributed by atoms with E-state index in [1.807, 2.05) is 0 Å². The van der Waals surface area contributed by atoms with Gasteiger partial charge < -0.3 is 4.74 Å². The first-order chi connectivity index (χ1) is 10.8. The van der Waals surface area contributed by atoms with Crippen molar-refractivity contribution in [2.75, 3.05) is 6.61 Å². The van der Waals surface area contributed by atoms with Gasteiger partial charge in [-0.05, 0) is 22.4 Å². The zero-order valence-corrected chi connectivity index (χ0v) is 14.5. The van der Waals surface area contributed by atoms with Crippen LogP contribution in [-0.4, -0.2) is 6.61 Å². The predicted octanol–water partition coefficient (Wildman–Crippen LogP) is 6.71. The molecule has 0 atom stereocenters. The largest absolute Gasteiger partial charge is 0.492 e. The molecule has 3 rings (SSSR count). The molecule has 0 aliphatic carbocycles. The smallest absolute Gasteiger partial charge is 0.135 e. The van der Waals surface area contributed by atoms with Gasteiger partial charge in [0.1, 0.15) is 5.75 Å². The van der Waals surface area contributed by atoms with Crippen molar-refractivity contribution >= 4 is 37.5 Å². The lowest BCUT2D eigenvalue weighted by Crippen LogP contribution is -1.99. The van der Waals surface area contributed by atoms with E-state index in [0.717, 1.165) is 23.2 Å². The Hall–Kier alpha value is -1.54. The summed E-state index contributed by atoms with van der Waals surface area (Å²) in [5.74, 6) is 1.02. The van der Waals surface area contributed by atoms with Gasteiger partial charge >= 0.3 is 0 Å². The Balaban J connectivity index is 2.03. The molecule has 1 nitrogen and oxygen atoms in total. The minimum atomic E-state index is 0.787. The highest BCUT2D eigenvalue weighted by Gasteiger charge is 2.12. The molecule has 0 saturated heterocycles. The summed E-state index contributed by atoms with van der Waals surface area (Å²) in [6, 6.07) is 16.9. The Morgan fingerprint density at radius 2 is 1.32 bits per heavy atom. The molecule has 0 aliphatic heterocycles. The van der Waals surface area contributed by atoms with Gasteiger partial charge in [0.2, 0.25) is 0 Å². The quantitative estimate of drug-likeness (QED) is 0.352. The second-order valence-electron chi connectivity index (χ2n) is 5.64. The lowest BCUT2D eigenvalue weighted by atomic mass is 10.0. The zero-order chi connectivity index (χ0) is 15.4. The Labute approximate surface area is 140 Å². The molecule has 0 N–H and O–H groups in total. The van der Waals surface area contributed by atoms with Crippen molar-refractivity contribution in [3.63, 3.8) is 0 Å². The van der Waals surface area contributed by atoms with E-state index in [1.165, 1.54) is 40.8 Å². The highest BCUT2D eigenvalue weighted by atomic mass is 79.9. The van der Waals surface area contributed by atoms with Gasteiger partial charge in [-0.25, -0.2) is 0 Å². The third kappa shape index (κ3) is 2.98. The molecule has 114 valence electrons. The molecule has 0 unspecified atom stereocenters. The second-order valence-corrected chi connectivity index (χ2v) is 6.44. The van der Waals surface area contributed by atoms with Crippen molar-refractivity contribution in [1.29, 1.82) is 0 Å². The fourth-order valence-electron chi connectivity index (χ4n) is 2.89. The molecule has 0 spiro atoms. The monoisotopic (exact) mass is 356 g/mol. The first-order valence-corrected chi connectivity index (χ1v) is 8.84. The van der Waals surface area contributed by atoms with Crippen molar-refractivity contribution < 1.29 is 4.74 Å². The Bertz CT molecular complexity index is 722. The number of rotatable bonds is 6. The number of fused-ring (bicyclic) bond motifs is 2. The highest BCUT2D eigenvalue weighted by molar-refractivity contribution is 9.10. The lowest BCUT2D eigenvalue weighted by Gasteiger charge is -2.15. The van der Waals surface area contributed by atoms with Crippen molar-refractivity contribution in [1.82, 2.24) is 0 Å². The number of halogens is 1. The summed E-state index contributed by atoms with van der Waals surface area (Å²) in [5.41, 5.74) is 0. The maximum atomic E-state index is 6.21. The number of hydrogen-bond donors (Lipinski definition) is 0. The van der Waals surface area contributed by atoms with E-state index in [2.05, 4.69) is 71.4 Å². The van der Waals surface area contributed by atoms with Crippen LogP contribution in [0.2, 0.25) is 0 Å². The minimum absolute atomic E-state index is 0.787. The van der Waals surface area contributed by atoms with E-state index < -0.39 is 0 Å². The maximum Gasteiger partial charge on any atom is 0.135 e. The number of unbranched alkanes of at least 4 members (excludes halogenated alkanes) is 3. The normalized spacial score (nSPS) is 11.2. The van der Waals surface area contributed by atoms with Gasteiger partial charge in [0.15, 0.2) is 0 Å². The predicted molar refractivity (Wildman–Crippen MR) is 98.8 cm³/mol. The first-order valence-electron chi connectivity index (χ1n) is 8.04. The molecule has 0 fully saturated rings. The zero-order valence-electron chi connectivity index (χ0n) is 12.9. The lowest BCUT2D eigenvalue weighted by molar-refractivity contribution is 0.312. The molecule has 0 heterocycles. The molecule has 2 heteroatoms. The van der Waals surface area contributed by atoms with E-state index in [0.29, 0.717) is 0 Å². The fraction of sp³-hybridized carbons (Fsp3) is 0.300. The summed E-state index contributed by atoms with van der Waals surface area (Å²) in [7, 11) is 0. The third-order valence-electron chi connectivity index (χ3n) is 4.06. The van der Waals surface area contributed by atoms with Crippen LogP contribution in [0, 0.1) is 0 Å². The molecule has 22 heavy (non-hydrogen) atoms. The van der Waals surface area contributed by atoms with Crippen LogP contribution in [0.4, 0.5) is 0 Å². The molecular weight excluding hydrogens is 336 g/mol. The number of ether oxygens (including phenoxy) is 1. The van der Waals surface area contributed by atoms with Crippen LogP contribution in [0.25, 0.3) is 21.5 Å². The van der Waals surface area contributed by atoms with Crippen molar-refractivity contribution in [2.45, 2.75) is 32.6 Å². The third-order valence-corrected chi connectivity index (χ3v) is 4.91. The molecule has 3 aromatic carbocycles. The summed E-state index contributed by atoms with van der Waals surface area (Å²) >= 11 is 3.76. The second kappa shape index (κ2) is 7.15. The van der Waals surface area contributed by atoms with E-state index >= 15 is 0 Å². The first kappa shape index (κ1) is 15.4. The van der Waals surface area contributed by atoms with E-state index in [-0.39, 0.29) is 0 Å². The maximum absolute atomic E-state index is 6.21. The summed E-state index contributed by atoms with van der Waals surface area (Å²) < 4.78 is 7.36. The van der Waals surface area contributed by atoms with Crippen LogP contribution in [0.15, 0.2) is 53.0 Å². The van der Waals surface area contributed by atoms with Crippen molar-refractivity contribution in [2.24, 2.45) is 0 Å². The standard InChI is InChI=1S/C20H21BrO/c1-2-3-4-9-14-22-20-17-12-7-5-10-15(17)19(21)16-11-6-8-13-18(16)20/h5-8,10-13H,2-4,9,14H2,1H3. The Morgan fingerprint density at radius 1 is 0.773 bits per heavy atom. The van der Waals surface area contributed by atoms with Crippen molar-refractivity contribution in [3.05, 3.63) is 53.0 Å². The average molecular weight is 357 g/mol. The number of hydrogen-bond acceptors (Lipinski definition) is 1. The van der Waals surface area contributed by atoms with E-state index in [9.17, 15) is 0 Å². The Kier molecular flexibility index (Phi) is 4.99. The molecular formula is C20H21BrO. The van der Waals surface area contributed by atoms with Gasteiger partial charge in [-0.15, -0.1) is 0 Å². The molecule has 3 aromatic rings. The van der Waals surface area contributed by atoms with Crippen LogP contribution in [-0.2, 0) is 0 Å².